The molecular weight excluding hydrogens is 258 g/mol. The molecule has 6 heteroatoms. The Kier molecular flexibility index (Phi) is 5.02. The molecule has 1 rings (SSSR count). The van der Waals surface area contributed by atoms with Crippen molar-refractivity contribution in [1.82, 2.24) is 15.1 Å². The molecule has 0 aromatic heterocycles. The van der Waals surface area contributed by atoms with Crippen LogP contribution >= 0.6 is 0 Å². The predicted molar refractivity (Wildman–Crippen MR) is 77.5 cm³/mol. The number of nitrogens with one attached hydrogen (secondary N) is 1. The van der Waals surface area contributed by atoms with E-state index < -0.39 is 17.2 Å². The molecule has 116 valence electrons. The zero-order valence-electron chi connectivity index (χ0n) is 13.4. The minimum Gasteiger partial charge on any atom is -0.444 e. The number of ether oxygens (including phenoxy) is 1. The van der Waals surface area contributed by atoms with Crippen LogP contribution in [0.4, 0.5) is 4.79 Å². The van der Waals surface area contributed by atoms with Crippen molar-refractivity contribution in [2.24, 2.45) is 0 Å². The van der Waals surface area contributed by atoms with Gasteiger partial charge >= 0.3 is 6.09 Å². The number of rotatable bonds is 2. The predicted octanol–water partition coefficient (Wildman–Crippen LogP) is 1.06. The van der Waals surface area contributed by atoms with Crippen molar-refractivity contribution in [3.63, 3.8) is 0 Å². The van der Waals surface area contributed by atoms with E-state index in [1.165, 1.54) is 4.90 Å². The summed E-state index contributed by atoms with van der Waals surface area (Å²) in [6, 6.07) is 0. The van der Waals surface area contributed by atoms with Crippen molar-refractivity contribution in [2.75, 3.05) is 33.2 Å². The Balaban J connectivity index is 2.75. The molecule has 0 radical (unpaired) electrons. The van der Waals surface area contributed by atoms with Crippen LogP contribution in [0.5, 0.6) is 0 Å². The fourth-order valence-corrected chi connectivity index (χ4v) is 1.96. The first-order chi connectivity index (χ1) is 9.05. The third-order valence-electron chi connectivity index (χ3n) is 3.43. The molecule has 20 heavy (non-hydrogen) atoms. The maximum absolute atomic E-state index is 12.6. The van der Waals surface area contributed by atoms with Crippen LogP contribution in [0.15, 0.2) is 0 Å². The maximum atomic E-state index is 12.6. The van der Waals surface area contributed by atoms with Crippen LogP contribution in [0, 0.1) is 0 Å². The van der Waals surface area contributed by atoms with E-state index in [1.807, 2.05) is 20.8 Å². The molecule has 1 aliphatic rings. The van der Waals surface area contributed by atoms with Gasteiger partial charge in [-0.2, -0.15) is 0 Å². The molecule has 0 unspecified atom stereocenters. The summed E-state index contributed by atoms with van der Waals surface area (Å²) in [5.74, 6) is -0.0487. The van der Waals surface area contributed by atoms with Gasteiger partial charge in [-0.05, 0) is 34.6 Å². The van der Waals surface area contributed by atoms with Crippen molar-refractivity contribution in [1.29, 1.82) is 0 Å². The van der Waals surface area contributed by atoms with Crippen molar-refractivity contribution >= 4 is 12.0 Å². The summed E-state index contributed by atoms with van der Waals surface area (Å²) in [6.07, 6.45) is -0.481. The van der Waals surface area contributed by atoms with Gasteiger partial charge in [0.2, 0.25) is 5.91 Å². The van der Waals surface area contributed by atoms with Crippen LogP contribution in [-0.2, 0) is 9.53 Å². The third-order valence-corrected chi connectivity index (χ3v) is 3.43. The van der Waals surface area contributed by atoms with E-state index >= 15 is 0 Å². The second kappa shape index (κ2) is 5.99. The van der Waals surface area contributed by atoms with Gasteiger partial charge in [-0.25, -0.2) is 4.79 Å². The molecule has 0 aliphatic carbocycles. The Morgan fingerprint density at radius 1 is 1.10 bits per heavy atom. The number of hydrogen-bond acceptors (Lipinski definition) is 4. The van der Waals surface area contributed by atoms with Crippen molar-refractivity contribution in [2.45, 2.75) is 45.8 Å². The van der Waals surface area contributed by atoms with Gasteiger partial charge in [0.1, 0.15) is 11.1 Å². The van der Waals surface area contributed by atoms with Gasteiger partial charge in [0.15, 0.2) is 0 Å². The number of piperazine rings is 1. The lowest BCUT2D eigenvalue weighted by Crippen LogP contribution is -2.60. The third kappa shape index (κ3) is 4.10. The van der Waals surface area contributed by atoms with Crippen LogP contribution in [0.25, 0.3) is 0 Å². The van der Waals surface area contributed by atoms with E-state index in [0.717, 1.165) is 13.1 Å². The average Bonchev–Trinajstić information content (AvgIpc) is 2.35. The summed E-state index contributed by atoms with van der Waals surface area (Å²) in [5, 5.41) is 3.20. The van der Waals surface area contributed by atoms with Gasteiger partial charge in [0.05, 0.1) is 0 Å². The van der Waals surface area contributed by atoms with Gasteiger partial charge in [-0.1, -0.05) is 0 Å². The van der Waals surface area contributed by atoms with Crippen molar-refractivity contribution in [3.8, 4) is 0 Å². The average molecular weight is 285 g/mol. The number of likely N-dealkylation sites (N-methyl/N-ethyl adjacent to an activating group) is 1. The summed E-state index contributed by atoms with van der Waals surface area (Å²) >= 11 is 0. The zero-order valence-corrected chi connectivity index (χ0v) is 13.4. The minimum absolute atomic E-state index is 0.0487. The fourth-order valence-electron chi connectivity index (χ4n) is 1.96. The number of amides is 2. The lowest BCUT2D eigenvalue weighted by molar-refractivity contribution is -0.142. The number of carbonyl (C=O) groups excluding carboxylic acids is 2. The normalized spacial score (nSPS) is 16.8. The Morgan fingerprint density at radius 3 is 2.05 bits per heavy atom. The Morgan fingerprint density at radius 2 is 1.60 bits per heavy atom. The van der Waals surface area contributed by atoms with Crippen molar-refractivity contribution < 1.29 is 14.3 Å². The second-order valence-corrected chi connectivity index (χ2v) is 6.64. The van der Waals surface area contributed by atoms with E-state index in [2.05, 4.69) is 5.32 Å². The smallest absolute Gasteiger partial charge is 0.410 e. The molecule has 0 saturated carbocycles. The molecule has 0 aromatic rings. The van der Waals surface area contributed by atoms with Crippen LogP contribution < -0.4 is 5.32 Å². The summed E-state index contributed by atoms with van der Waals surface area (Å²) < 4.78 is 5.33. The van der Waals surface area contributed by atoms with Crippen LogP contribution in [0.1, 0.15) is 34.6 Å². The molecular formula is C14H27N3O3. The van der Waals surface area contributed by atoms with Gasteiger partial charge in [0.25, 0.3) is 0 Å². The highest BCUT2D eigenvalue weighted by Gasteiger charge is 2.40. The Hall–Kier alpha value is -1.30. The second-order valence-electron chi connectivity index (χ2n) is 6.64. The van der Waals surface area contributed by atoms with Gasteiger partial charge in [-0.15, -0.1) is 0 Å². The zero-order chi connectivity index (χ0) is 15.6. The van der Waals surface area contributed by atoms with Gasteiger partial charge in [0, 0.05) is 33.2 Å². The van der Waals surface area contributed by atoms with E-state index in [9.17, 15) is 9.59 Å². The highest BCUT2D eigenvalue weighted by atomic mass is 16.6. The van der Waals surface area contributed by atoms with E-state index in [0.29, 0.717) is 13.1 Å². The minimum atomic E-state index is -0.917. The Labute approximate surface area is 121 Å². The van der Waals surface area contributed by atoms with E-state index in [-0.39, 0.29) is 5.91 Å². The maximum Gasteiger partial charge on any atom is 0.410 e. The summed E-state index contributed by atoms with van der Waals surface area (Å²) in [4.78, 5) is 27.9. The monoisotopic (exact) mass is 285 g/mol. The van der Waals surface area contributed by atoms with E-state index in [1.54, 1.807) is 25.8 Å². The molecule has 1 saturated heterocycles. The van der Waals surface area contributed by atoms with Crippen LogP contribution in [0.2, 0.25) is 0 Å². The first-order valence-corrected chi connectivity index (χ1v) is 7.02. The molecule has 2 amide bonds. The topological polar surface area (TPSA) is 61.9 Å². The summed E-state index contributed by atoms with van der Waals surface area (Å²) in [7, 11) is 1.61. The first kappa shape index (κ1) is 16.8. The van der Waals surface area contributed by atoms with Gasteiger partial charge in [-0.3, -0.25) is 9.69 Å². The molecule has 1 aliphatic heterocycles. The standard InChI is InChI=1S/C14H27N3O3/c1-13(2,3)20-12(19)16(6)14(4,5)11(18)17-9-7-15-8-10-17/h15H,7-10H2,1-6H3. The SMILES string of the molecule is CN(C(=O)OC(C)(C)C)C(C)(C)C(=O)N1CCNCC1. The van der Waals surface area contributed by atoms with Crippen molar-refractivity contribution in [3.05, 3.63) is 0 Å². The molecule has 6 nitrogen and oxygen atoms in total. The number of hydrogen-bond donors (Lipinski definition) is 1. The van der Waals surface area contributed by atoms with Gasteiger partial charge < -0.3 is 15.0 Å². The fraction of sp³-hybridized carbons (Fsp3) is 0.857. The summed E-state index contributed by atoms with van der Waals surface area (Å²) in [6.45, 7) is 11.9. The van der Waals surface area contributed by atoms with Crippen LogP contribution in [-0.4, -0.2) is 66.2 Å². The molecule has 0 atom stereocenters. The molecule has 1 heterocycles. The molecule has 0 aromatic carbocycles. The van der Waals surface area contributed by atoms with Crippen LogP contribution in [0.3, 0.4) is 0 Å². The quantitative estimate of drug-likeness (QED) is 0.824. The lowest BCUT2D eigenvalue weighted by atomic mass is 10.0. The number of carbonyl (C=O) groups is 2. The molecule has 1 fully saturated rings. The Bertz CT molecular complexity index is 368. The molecule has 0 spiro atoms. The summed E-state index contributed by atoms with van der Waals surface area (Å²) in [5.41, 5.74) is -1.49. The number of nitrogens with zero attached hydrogens (tertiary/aromatic N) is 2. The molecule has 0 bridgehead atoms. The highest BCUT2D eigenvalue weighted by Crippen LogP contribution is 2.20. The first-order valence-electron chi connectivity index (χ1n) is 7.02. The molecule has 1 N–H and O–H groups in total. The largest absolute Gasteiger partial charge is 0.444 e. The highest BCUT2D eigenvalue weighted by molar-refractivity contribution is 5.89. The lowest BCUT2D eigenvalue weighted by Gasteiger charge is -2.40. The van der Waals surface area contributed by atoms with E-state index in [4.69, 9.17) is 4.74 Å².